The minimum Gasteiger partial charge on any atom is -0.378 e. The Hall–Kier alpha value is -0.570. The van der Waals surface area contributed by atoms with Crippen LogP contribution in [0.1, 0.15) is 32.1 Å². The molecule has 2 unspecified atom stereocenters. The van der Waals surface area contributed by atoms with Gasteiger partial charge < -0.3 is 9.64 Å². The number of nitrogens with zero attached hydrogens (tertiary/aromatic N) is 1. The lowest BCUT2D eigenvalue weighted by molar-refractivity contribution is -0.139. The molecule has 1 heterocycles. The van der Waals surface area contributed by atoms with E-state index in [9.17, 15) is 4.79 Å². The molecule has 2 saturated carbocycles. The van der Waals surface area contributed by atoms with Crippen LogP contribution in [0, 0.1) is 17.8 Å². The standard InChI is InChI=1S/C13H21NO2/c15-13(14-4-6-16-7-5-14)12-8-10-2-1-3-11(10)9-12/h10-12H,1-9H2. The molecule has 0 N–H and O–H groups in total. The Kier molecular flexibility index (Phi) is 2.88. The lowest BCUT2D eigenvalue weighted by Crippen LogP contribution is -2.43. The maximum absolute atomic E-state index is 12.3. The predicted octanol–water partition coefficient (Wildman–Crippen LogP) is 1.67. The molecule has 1 saturated heterocycles. The largest absolute Gasteiger partial charge is 0.378 e. The summed E-state index contributed by atoms with van der Waals surface area (Å²) in [5, 5.41) is 0. The van der Waals surface area contributed by atoms with Gasteiger partial charge >= 0.3 is 0 Å². The summed E-state index contributed by atoms with van der Waals surface area (Å²) in [5.74, 6) is 2.50. The predicted molar refractivity (Wildman–Crippen MR) is 61.0 cm³/mol. The summed E-state index contributed by atoms with van der Waals surface area (Å²) in [4.78, 5) is 14.3. The highest BCUT2D eigenvalue weighted by Gasteiger charge is 2.41. The van der Waals surface area contributed by atoms with Crippen LogP contribution >= 0.6 is 0 Å². The zero-order chi connectivity index (χ0) is 11.0. The Bertz CT molecular complexity index is 261. The highest BCUT2D eigenvalue weighted by Crippen LogP contribution is 2.47. The van der Waals surface area contributed by atoms with Crippen molar-refractivity contribution in [2.75, 3.05) is 26.3 Å². The first-order valence-corrected chi connectivity index (χ1v) is 6.71. The van der Waals surface area contributed by atoms with Crippen LogP contribution in [0.5, 0.6) is 0 Å². The van der Waals surface area contributed by atoms with Crippen molar-refractivity contribution in [3.8, 4) is 0 Å². The van der Waals surface area contributed by atoms with Crippen molar-refractivity contribution in [2.24, 2.45) is 17.8 Å². The van der Waals surface area contributed by atoms with Crippen LogP contribution in [0.15, 0.2) is 0 Å². The van der Waals surface area contributed by atoms with Gasteiger partial charge in [-0.15, -0.1) is 0 Å². The number of ether oxygens (including phenoxy) is 1. The molecule has 3 heteroatoms. The highest BCUT2D eigenvalue weighted by molar-refractivity contribution is 5.79. The van der Waals surface area contributed by atoms with E-state index in [0.717, 1.165) is 38.1 Å². The molecule has 2 atom stereocenters. The molecule has 16 heavy (non-hydrogen) atoms. The van der Waals surface area contributed by atoms with Crippen LogP contribution in [0.4, 0.5) is 0 Å². The van der Waals surface area contributed by atoms with E-state index in [-0.39, 0.29) is 0 Å². The Morgan fingerprint density at radius 2 is 1.69 bits per heavy atom. The summed E-state index contributed by atoms with van der Waals surface area (Å²) in [5.41, 5.74) is 0. The normalized spacial score (nSPS) is 38.8. The van der Waals surface area contributed by atoms with Crippen molar-refractivity contribution in [2.45, 2.75) is 32.1 Å². The first kappa shape index (κ1) is 10.6. The molecule has 2 aliphatic carbocycles. The zero-order valence-corrected chi connectivity index (χ0v) is 9.86. The van der Waals surface area contributed by atoms with Crippen LogP contribution in [0.3, 0.4) is 0 Å². The van der Waals surface area contributed by atoms with Gasteiger partial charge in [0.25, 0.3) is 0 Å². The number of hydrogen-bond donors (Lipinski definition) is 0. The molecule has 3 rings (SSSR count). The van der Waals surface area contributed by atoms with Gasteiger partial charge in [0.2, 0.25) is 5.91 Å². The van der Waals surface area contributed by atoms with Gasteiger partial charge in [-0.3, -0.25) is 4.79 Å². The third-order valence-corrected chi connectivity index (χ3v) is 4.66. The summed E-state index contributed by atoms with van der Waals surface area (Å²) >= 11 is 0. The van der Waals surface area contributed by atoms with Crippen molar-refractivity contribution in [1.29, 1.82) is 0 Å². The van der Waals surface area contributed by atoms with Gasteiger partial charge in [0.05, 0.1) is 13.2 Å². The molecular formula is C13H21NO2. The Labute approximate surface area is 97.1 Å². The average molecular weight is 223 g/mol. The first-order chi connectivity index (χ1) is 7.84. The van der Waals surface area contributed by atoms with Crippen molar-refractivity contribution in [3.05, 3.63) is 0 Å². The minimum absolute atomic E-state index is 0.341. The van der Waals surface area contributed by atoms with E-state index in [4.69, 9.17) is 4.74 Å². The van der Waals surface area contributed by atoms with E-state index in [1.54, 1.807) is 0 Å². The number of rotatable bonds is 1. The molecule has 3 aliphatic rings. The van der Waals surface area contributed by atoms with E-state index in [1.807, 2.05) is 4.90 Å². The van der Waals surface area contributed by atoms with E-state index in [0.29, 0.717) is 11.8 Å². The average Bonchev–Trinajstić information content (AvgIpc) is 2.89. The van der Waals surface area contributed by atoms with E-state index < -0.39 is 0 Å². The maximum atomic E-state index is 12.3. The Balaban J connectivity index is 1.59. The van der Waals surface area contributed by atoms with Crippen molar-refractivity contribution in [1.82, 2.24) is 4.90 Å². The fraction of sp³-hybridized carbons (Fsp3) is 0.923. The maximum Gasteiger partial charge on any atom is 0.225 e. The molecule has 0 aromatic heterocycles. The van der Waals surface area contributed by atoms with Crippen molar-refractivity contribution in [3.63, 3.8) is 0 Å². The van der Waals surface area contributed by atoms with Crippen LogP contribution in [-0.4, -0.2) is 37.1 Å². The second-order valence-corrected chi connectivity index (χ2v) is 5.56. The topological polar surface area (TPSA) is 29.5 Å². The van der Waals surface area contributed by atoms with Crippen LogP contribution in [0.2, 0.25) is 0 Å². The molecule has 90 valence electrons. The molecule has 0 bridgehead atoms. The number of amides is 1. The molecule has 0 spiro atoms. The number of fused-ring (bicyclic) bond motifs is 1. The lowest BCUT2D eigenvalue weighted by Gasteiger charge is -2.29. The van der Waals surface area contributed by atoms with Gasteiger partial charge in [-0.2, -0.15) is 0 Å². The van der Waals surface area contributed by atoms with Gasteiger partial charge in [-0.1, -0.05) is 19.3 Å². The van der Waals surface area contributed by atoms with E-state index in [1.165, 1.54) is 32.1 Å². The highest BCUT2D eigenvalue weighted by atomic mass is 16.5. The third kappa shape index (κ3) is 1.86. The Morgan fingerprint density at radius 1 is 1.06 bits per heavy atom. The molecule has 1 amide bonds. The van der Waals surface area contributed by atoms with Crippen molar-refractivity contribution < 1.29 is 9.53 Å². The summed E-state index contributed by atoms with van der Waals surface area (Å²) in [7, 11) is 0. The van der Waals surface area contributed by atoms with Crippen molar-refractivity contribution >= 4 is 5.91 Å². The van der Waals surface area contributed by atoms with E-state index in [2.05, 4.69) is 0 Å². The van der Waals surface area contributed by atoms with E-state index >= 15 is 0 Å². The van der Waals surface area contributed by atoms with Crippen LogP contribution in [0.25, 0.3) is 0 Å². The second kappa shape index (κ2) is 4.36. The minimum atomic E-state index is 0.341. The number of hydrogen-bond acceptors (Lipinski definition) is 2. The second-order valence-electron chi connectivity index (χ2n) is 5.56. The number of carbonyl (C=O) groups excluding carboxylic acids is 1. The van der Waals surface area contributed by atoms with Crippen LogP contribution < -0.4 is 0 Å². The van der Waals surface area contributed by atoms with Gasteiger partial charge in [-0.25, -0.2) is 0 Å². The van der Waals surface area contributed by atoms with Gasteiger partial charge in [0.15, 0.2) is 0 Å². The third-order valence-electron chi connectivity index (χ3n) is 4.66. The molecular weight excluding hydrogens is 202 g/mol. The summed E-state index contributed by atoms with van der Waals surface area (Å²) in [6.45, 7) is 3.08. The van der Waals surface area contributed by atoms with Gasteiger partial charge in [0, 0.05) is 19.0 Å². The monoisotopic (exact) mass is 223 g/mol. The summed E-state index contributed by atoms with van der Waals surface area (Å²) in [6, 6.07) is 0. The fourth-order valence-electron chi connectivity index (χ4n) is 3.80. The van der Waals surface area contributed by atoms with Gasteiger partial charge in [0.1, 0.15) is 0 Å². The zero-order valence-electron chi connectivity index (χ0n) is 9.86. The molecule has 1 aliphatic heterocycles. The molecule has 0 aromatic rings. The molecule has 3 nitrogen and oxygen atoms in total. The number of morpholine rings is 1. The number of carbonyl (C=O) groups is 1. The molecule has 3 fully saturated rings. The van der Waals surface area contributed by atoms with Gasteiger partial charge in [-0.05, 0) is 24.7 Å². The Morgan fingerprint density at radius 3 is 2.31 bits per heavy atom. The molecule has 0 radical (unpaired) electrons. The summed E-state index contributed by atoms with van der Waals surface area (Å²) < 4.78 is 5.29. The SMILES string of the molecule is O=C(C1CC2CCCC2C1)N1CCOCC1. The smallest absolute Gasteiger partial charge is 0.225 e. The fourth-order valence-corrected chi connectivity index (χ4v) is 3.80. The summed E-state index contributed by atoms with van der Waals surface area (Å²) in [6.07, 6.45) is 6.48. The van der Waals surface area contributed by atoms with Crippen LogP contribution in [-0.2, 0) is 9.53 Å². The lowest BCUT2D eigenvalue weighted by atomic mass is 10.0. The first-order valence-electron chi connectivity index (χ1n) is 6.71. The molecule has 0 aromatic carbocycles. The quantitative estimate of drug-likeness (QED) is 0.677.